The molecule has 1 amide bonds. The number of nitrogens with one attached hydrogen (secondary N) is 2. The number of imidazole rings is 1. The summed E-state index contributed by atoms with van der Waals surface area (Å²) in [7, 11) is 0. The highest BCUT2D eigenvalue weighted by molar-refractivity contribution is 5.76. The maximum absolute atomic E-state index is 10.6. The molecule has 70 valence electrons. The molecule has 0 saturated heterocycles. The van der Waals surface area contributed by atoms with E-state index in [1.807, 2.05) is 0 Å². The van der Waals surface area contributed by atoms with Gasteiger partial charge in [0.05, 0.1) is 6.33 Å². The molecule has 1 heterocycles. The number of rotatable bonds is 5. The van der Waals surface area contributed by atoms with Crippen LogP contribution < -0.4 is 5.32 Å². The van der Waals surface area contributed by atoms with Crippen LogP contribution in [0.25, 0.3) is 0 Å². The molecule has 0 radical (unpaired) electrons. The summed E-state index contributed by atoms with van der Waals surface area (Å²) in [5.74, 6) is -1.07. The molecule has 13 heavy (non-hydrogen) atoms. The molecule has 0 aliphatic rings. The maximum Gasteiger partial charge on any atom is 0.326 e. The number of carboxylic acids is 1. The van der Waals surface area contributed by atoms with Crippen molar-refractivity contribution < 1.29 is 14.7 Å². The van der Waals surface area contributed by atoms with Crippen LogP contribution in [-0.4, -0.2) is 33.5 Å². The fourth-order valence-electron chi connectivity index (χ4n) is 0.916. The molecule has 0 bridgehead atoms. The summed E-state index contributed by atoms with van der Waals surface area (Å²) >= 11 is 0. The van der Waals surface area contributed by atoms with E-state index in [0.717, 1.165) is 0 Å². The average molecular weight is 183 g/mol. The molecule has 0 aliphatic carbocycles. The van der Waals surface area contributed by atoms with Gasteiger partial charge in [-0.15, -0.1) is 0 Å². The molecule has 0 spiro atoms. The highest BCUT2D eigenvalue weighted by Gasteiger charge is 2.16. The molecule has 1 atom stereocenters. The zero-order valence-electron chi connectivity index (χ0n) is 6.73. The first kappa shape index (κ1) is 9.24. The summed E-state index contributed by atoms with van der Waals surface area (Å²) in [4.78, 5) is 27.1. The van der Waals surface area contributed by atoms with Gasteiger partial charge < -0.3 is 15.4 Å². The van der Waals surface area contributed by atoms with E-state index in [4.69, 9.17) is 5.11 Å². The van der Waals surface area contributed by atoms with Crippen molar-refractivity contribution >= 4 is 12.4 Å². The Bertz CT molecular complexity index is 283. The van der Waals surface area contributed by atoms with E-state index in [1.54, 1.807) is 0 Å². The molecule has 0 saturated carbocycles. The standard InChI is InChI=1S/C7H9N3O3/c11-4-10-6(7(12)13)1-5-2-8-3-9-5/h2-4,6H,1H2,(H,8,9)(H,10,11)(H,12,13)/t6-/m1/s1. The minimum absolute atomic E-state index is 0.202. The van der Waals surface area contributed by atoms with Crippen molar-refractivity contribution in [1.82, 2.24) is 15.3 Å². The Morgan fingerprint density at radius 2 is 2.62 bits per heavy atom. The Morgan fingerprint density at radius 3 is 3.08 bits per heavy atom. The lowest BCUT2D eigenvalue weighted by Crippen LogP contribution is -2.37. The molecule has 1 aromatic heterocycles. The Balaban J connectivity index is 2.57. The third-order valence-electron chi connectivity index (χ3n) is 1.55. The van der Waals surface area contributed by atoms with E-state index in [0.29, 0.717) is 12.1 Å². The number of aromatic nitrogens is 2. The first-order chi connectivity index (χ1) is 6.24. The minimum Gasteiger partial charge on any atom is -0.480 e. The lowest BCUT2D eigenvalue weighted by Gasteiger charge is -2.08. The van der Waals surface area contributed by atoms with Gasteiger partial charge in [-0.05, 0) is 0 Å². The zero-order valence-corrected chi connectivity index (χ0v) is 6.73. The molecule has 0 fully saturated rings. The van der Waals surface area contributed by atoms with Gasteiger partial charge in [-0.25, -0.2) is 9.78 Å². The molecule has 6 heteroatoms. The maximum atomic E-state index is 10.6. The normalized spacial score (nSPS) is 12.0. The van der Waals surface area contributed by atoms with Crippen LogP contribution in [0.2, 0.25) is 0 Å². The number of aliphatic carboxylic acids is 1. The Hall–Kier alpha value is -1.85. The first-order valence-electron chi connectivity index (χ1n) is 3.64. The van der Waals surface area contributed by atoms with Crippen molar-refractivity contribution in [3.8, 4) is 0 Å². The highest BCUT2D eigenvalue weighted by Crippen LogP contribution is 1.97. The van der Waals surface area contributed by atoms with Gasteiger partial charge in [-0.1, -0.05) is 0 Å². The van der Waals surface area contributed by atoms with Gasteiger partial charge in [0.1, 0.15) is 6.04 Å². The number of amides is 1. The van der Waals surface area contributed by atoms with Gasteiger partial charge in [-0.3, -0.25) is 4.79 Å². The second-order valence-corrected chi connectivity index (χ2v) is 2.46. The van der Waals surface area contributed by atoms with Gasteiger partial charge in [0, 0.05) is 18.3 Å². The molecule has 1 rings (SSSR count). The second kappa shape index (κ2) is 4.24. The van der Waals surface area contributed by atoms with E-state index in [-0.39, 0.29) is 6.42 Å². The predicted octanol–water partition coefficient (Wildman–Crippen LogP) is -0.849. The van der Waals surface area contributed by atoms with Crippen LogP contribution in [0.4, 0.5) is 0 Å². The topological polar surface area (TPSA) is 95.1 Å². The average Bonchev–Trinajstić information content (AvgIpc) is 2.56. The summed E-state index contributed by atoms with van der Waals surface area (Å²) < 4.78 is 0. The quantitative estimate of drug-likeness (QED) is 0.518. The van der Waals surface area contributed by atoms with Gasteiger partial charge in [0.25, 0.3) is 0 Å². The third-order valence-corrected chi connectivity index (χ3v) is 1.55. The van der Waals surface area contributed by atoms with Crippen LogP contribution >= 0.6 is 0 Å². The number of H-pyrrole nitrogens is 1. The molecular formula is C7H9N3O3. The van der Waals surface area contributed by atoms with Gasteiger partial charge >= 0.3 is 5.97 Å². The summed E-state index contributed by atoms with van der Waals surface area (Å²) in [5.41, 5.74) is 0.668. The number of carboxylic acid groups (broad SMARTS) is 1. The minimum atomic E-state index is -1.07. The third kappa shape index (κ3) is 2.58. The van der Waals surface area contributed by atoms with Crippen LogP contribution in [0.3, 0.4) is 0 Å². The molecule has 0 unspecified atom stereocenters. The van der Waals surface area contributed by atoms with Crippen LogP contribution in [0.5, 0.6) is 0 Å². The van der Waals surface area contributed by atoms with Crippen LogP contribution in [0.1, 0.15) is 5.69 Å². The van der Waals surface area contributed by atoms with Crippen LogP contribution in [0.15, 0.2) is 12.5 Å². The summed E-state index contributed by atoms with van der Waals surface area (Å²) in [6.45, 7) is 0. The van der Waals surface area contributed by atoms with Crippen molar-refractivity contribution in [2.75, 3.05) is 0 Å². The summed E-state index contributed by atoms with van der Waals surface area (Å²) in [6.07, 6.45) is 3.54. The lowest BCUT2D eigenvalue weighted by molar-refractivity contribution is -0.140. The molecule has 6 nitrogen and oxygen atoms in total. The Labute approximate surface area is 74.0 Å². The number of hydrogen-bond donors (Lipinski definition) is 3. The first-order valence-corrected chi connectivity index (χ1v) is 3.64. The Morgan fingerprint density at radius 1 is 1.85 bits per heavy atom. The van der Waals surface area contributed by atoms with E-state index in [1.165, 1.54) is 12.5 Å². The summed E-state index contributed by atoms with van der Waals surface area (Å²) in [6, 6.07) is -0.905. The second-order valence-electron chi connectivity index (χ2n) is 2.46. The smallest absolute Gasteiger partial charge is 0.326 e. The van der Waals surface area contributed by atoms with Crippen LogP contribution in [-0.2, 0) is 16.0 Å². The van der Waals surface area contributed by atoms with E-state index in [2.05, 4.69) is 15.3 Å². The molecular weight excluding hydrogens is 174 g/mol. The van der Waals surface area contributed by atoms with E-state index >= 15 is 0 Å². The predicted molar refractivity (Wildman–Crippen MR) is 42.9 cm³/mol. The van der Waals surface area contributed by atoms with Crippen molar-refractivity contribution in [3.63, 3.8) is 0 Å². The number of hydrogen-bond acceptors (Lipinski definition) is 3. The largest absolute Gasteiger partial charge is 0.480 e. The zero-order chi connectivity index (χ0) is 9.68. The fraction of sp³-hybridized carbons (Fsp3) is 0.286. The molecule has 3 N–H and O–H groups in total. The van der Waals surface area contributed by atoms with Crippen molar-refractivity contribution in [3.05, 3.63) is 18.2 Å². The summed E-state index contributed by atoms with van der Waals surface area (Å²) in [5, 5.41) is 10.8. The fourth-order valence-corrected chi connectivity index (χ4v) is 0.916. The number of nitrogens with zero attached hydrogens (tertiary/aromatic N) is 1. The Kier molecular flexibility index (Phi) is 3.02. The van der Waals surface area contributed by atoms with Crippen molar-refractivity contribution in [2.24, 2.45) is 0 Å². The SMILES string of the molecule is O=CN[C@H](Cc1cnc[nH]1)C(=O)O. The molecule has 0 aromatic carbocycles. The number of carbonyl (C=O) groups excluding carboxylic acids is 1. The van der Waals surface area contributed by atoms with Crippen LogP contribution in [0, 0.1) is 0 Å². The van der Waals surface area contributed by atoms with Gasteiger partial charge in [-0.2, -0.15) is 0 Å². The molecule has 0 aliphatic heterocycles. The monoisotopic (exact) mass is 183 g/mol. The highest BCUT2D eigenvalue weighted by atomic mass is 16.4. The van der Waals surface area contributed by atoms with Crippen molar-refractivity contribution in [1.29, 1.82) is 0 Å². The van der Waals surface area contributed by atoms with Gasteiger partial charge in [0.2, 0.25) is 6.41 Å². The van der Waals surface area contributed by atoms with Crippen molar-refractivity contribution in [2.45, 2.75) is 12.5 Å². The number of aromatic amines is 1. The lowest BCUT2D eigenvalue weighted by atomic mass is 10.2. The van der Waals surface area contributed by atoms with Gasteiger partial charge in [0.15, 0.2) is 0 Å². The van der Waals surface area contributed by atoms with E-state index in [9.17, 15) is 9.59 Å². The number of carbonyl (C=O) groups is 2. The van der Waals surface area contributed by atoms with E-state index < -0.39 is 12.0 Å². The molecule has 1 aromatic rings.